The highest BCUT2D eigenvalue weighted by Crippen LogP contribution is 2.13. The van der Waals surface area contributed by atoms with Gasteiger partial charge in [0.05, 0.1) is 11.6 Å². The van der Waals surface area contributed by atoms with E-state index in [0.717, 1.165) is 5.57 Å². The van der Waals surface area contributed by atoms with Crippen LogP contribution in [0.2, 0.25) is 0 Å². The molecular formula is C17H22N2O. The van der Waals surface area contributed by atoms with Crippen molar-refractivity contribution in [2.24, 2.45) is 5.73 Å². The quantitative estimate of drug-likeness (QED) is 0.754. The smallest absolute Gasteiger partial charge is 0.251 e. The third-order valence-corrected chi connectivity index (χ3v) is 3.01. The van der Waals surface area contributed by atoms with E-state index in [1.54, 1.807) is 36.5 Å². The fraction of sp³-hybridized carbons (Fsp3) is 0.235. The summed E-state index contributed by atoms with van der Waals surface area (Å²) < 4.78 is 0. The zero-order chi connectivity index (χ0) is 15.2. The maximum absolute atomic E-state index is 12.2. The van der Waals surface area contributed by atoms with Gasteiger partial charge in [0.1, 0.15) is 0 Å². The molecule has 3 heteroatoms. The standard InChI is InChI=1S/C17H22N2O/c1-5-8-14(6-2)13(3)19-16(20)15-9-7-11-17(4,18)12-10-15/h5-13H,1-2,18H2,3-4H3,(H,19,20)/b14-8+. The summed E-state index contributed by atoms with van der Waals surface area (Å²) in [5, 5.41) is 2.92. The first kappa shape index (κ1) is 15.9. The highest BCUT2D eigenvalue weighted by Gasteiger charge is 2.16. The van der Waals surface area contributed by atoms with E-state index in [2.05, 4.69) is 18.5 Å². The van der Waals surface area contributed by atoms with Crippen molar-refractivity contribution < 1.29 is 4.79 Å². The van der Waals surface area contributed by atoms with Gasteiger partial charge in [0, 0.05) is 5.57 Å². The van der Waals surface area contributed by atoms with E-state index in [0.29, 0.717) is 5.57 Å². The minimum absolute atomic E-state index is 0.135. The van der Waals surface area contributed by atoms with E-state index in [4.69, 9.17) is 5.73 Å². The van der Waals surface area contributed by atoms with Crippen LogP contribution in [0.15, 0.2) is 72.9 Å². The van der Waals surface area contributed by atoms with E-state index in [1.165, 1.54) is 0 Å². The zero-order valence-electron chi connectivity index (χ0n) is 12.1. The molecule has 3 N–H and O–H groups in total. The Kier molecular flexibility index (Phi) is 5.47. The second-order valence-electron chi connectivity index (χ2n) is 4.98. The van der Waals surface area contributed by atoms with Crippen molar-refractivity contribution in [3.05, 3.63) is 72.9 Å². The largest absolute Gasteiger partial charge is 0.346 e. The normalized spacial score (nSPS) is 23.6. The fourth-order valence-corrected chi connectivity index (χ4v) is 1.78. The van der Waals surface area contributed by atoms with Gasteiger partial charge in [0.15, 0.2) is 0 Å². The van der Waals surface area contributed by atoms with Crippen LogP contribution in [0.4, 0.5) is 0 Å². The van der Waals surface area contributed by atoms with Crippen LogP contribution in [0, 0.1) is 0 Å². The lowest BCUT2D eigenvalue weighted by molar-refractivity contribution is -0.117. The molecule has 0 heterocycles. The molecule has 0 saturated carbocycles. The van der Waals surface area contributed by atoms with Gasteiger partial charge < -0.3 is 11.1 Å². The van der Waals surface area contributed by atoms with Crippen LogP contribution < -0.4 is 11.1 Å². The average molecular weight is 270 g/mol. The number of rotatable bonds is 5. The van der Waals surface area contributed by atoms with Gasteiger partial charge in [-0.2, -0.15) is 0 Å². The number of hydrogen-bond acceptors (Lipinski definition) is 2. The monoisotopic (exact) mass is 270 g/mol. The van der Waals surface area contributed by atoms with Crippen LogP contribution in [0.25, 0.3) is 0 Å². The van der Waals surface area contributed by atoms with E-state index < -0.39 is 5.54 Å². The lowest BCUT2D eigenvalue weighted by atomic mass is 10.0. The van der Waals surface area contributed by atoms with Crippen molar-refractivity contribution >= 4 is 5.91 Å². The molecule has 0 spiro atoms. The fourth-order valence-electron chi connectivity index (χ4n) is 1.78. The van der Waals surface area contributed by atoms with Crippen LogP contribution in [0.5, 0.6) is 0 Å². The molecule has 1 aliphatic carbocycles. The average Bonchev–Trinajstić information content (AvgIpc) is 2.56. The van der Waals surface area contributed by atoms with Gasteiger partial charge in [-0.25, -0.2) is 0 Å². The molecule has 1 amide bonds. The first-order valence-corrected chi connectivity index (χ1v) is 6.53. The Morgan fingerprint density at radius 1 is 1.45 bits per heavy atom. The van der Waals surface area contributed by atoms with Crippen molar-refractivity contribution in [2.75, 3.05) is 0 Å². The second kappa shape index (κ2) is 6.87. The van der Waals surface area contributed by atoms with Gasteiger partial charge >= 0.3 is 0 Å². The number of hydrogen-bond donors (Lipinski definition) is 2. The molecule has 106 valence electrons. The summed E-state index contributed by atoms with van der Waals surface area (Å²) >= 11 is 0. The van der Waals surface area contributed by atoms with Gasteiger partial charge in [0.2, 0.25) is 0 Å². The number of allylic oxidation sites excluding steroid dienone is 4. The molecule has 0 aromatic heterocycles. The number of amides is 1. The van der Waals surface area contributed by atoms with Crippen LogP contribution in [0.3, 0.4) is 0 Å². The summed E-state index contributed by atoms with van der Waals surface area (Å²) in [7, 11) is 0. The van der Waals surface area contributed by atoms with E-state index in [1.807, 2.05) is 26.0 Å². The number of nitrogens with two attached hydrogens (primary N) is 1. The number of nitrogens with one attached hydrogen (secondary N) is 1. The molecule has 0 fully saturated rings. The molecule has 0 bridgehead atoms. The molecule has 0 saturated heterocycles. The Morgan fingerprint density at radius 2 is 2.15 bits per heavy atom. The zero-order valence-corrected chi connectivity index (χ0v) is 12.1. The lowest BCUT2D eigenvalue weighted by Crippen LogP contribution is -2.34. The predicted octanol–water partition coefficient (Wildman–Crippen LogP) is 2.56. The Hall–Kier alpha value is -2.13. The Bertz CT molecular complexity index is 519. The van der Waals surface area contributed by atoms with Crippen molar-refractivity contribution in [1.82, 2.24) is 5.32 Å². The van der Waals surface area contributed by atoms with E-state index in [-0.39, 0.29) is 11.9 Å². The first-order valence-electron chi connectivity index (χ1n) is 6.53. The third kappa shape index (κ3) is 4.52. The molecule has 1 aliphatic rings. The molecule has 2 atom stereocenters. The Morgan fingerprint density at radius 3 is 2.75 bits per heavy atom. The summed E-state index contributed by atoms with van der Waals surface area (Å²) in [4.78, 5) is 12.2. The van der Waals surface area contributed by atoms with Gasteiger partial charge in [0.25, 0.3) is 5.91 Å². The molecule has 2 unspecified atom stereocenters. The van der Waals surface area contributed by atoms with Crippen LogP contribution in [-0.2, 0) is 4.79 Å². The summed E-state index contributed by atoms with van der Waals surface area (Å²) in [5.74, 6) is -0.145. The van der Waals surface area contributed by atoms with Gasteiger partial charge in [-0.1, -0.05) is 55.7 Å². The molecule has 1 rings (SSSR count). The minimum atomic E-state index is -0.529. The van der Waals surface area contributed by atoms with Crippen molar-refractivity contribution in [3.63, 3.8) is 0 Å². The maximum atomic E-state index is 12.2. The van der Waals surface area contributed by atoms with Crippen LogP contribution >= 0.6 is 0 Å². The highest BCUT2D eigenvalue weighted by molar-refractivity contribution is 5.97. The highest BCUT2D eigenvalue weighted by atomic mass is 16.1. The van der Waals surface area contributed by atoms with Gasteiger partial charge in [-0.3, -0.25) is 4.79 Å². The van der Waals surface area contributed by atoms with Crippen LogP contribution in [0.1, 0.15) is 13.8 Å². The van der Waals surface area contributed by atoms with Crippen molar-refractivity contribution in [2.45, 2.75) is 25.4 Å². The van der Waals surface area contributed by atoms with E-state index in [9.17, 15) is 4.79 Å². The van der Waals surface area contributed by atoms with E-state index >= 15 is 0 Å². The number of carbonyl (C=O) groups is 1. The summed E-state index contributed by atoms with van der Waals surface area (Å²) in [6.45, 7) is 11.2. The summed E-state index contributed by atoms with van der Waals surface area (Å²) in [5.41, 5.74) is 6.93. The Balaban J connectivity index is 2.80. The van der Waals surface area contributed by atoms with Gasteiger partial charge in [-0.05, 0) is 25.5 Å². The topological polar surface area (TPSA) is 55.1 Å². The van der Waals surface area contributed by atoms with Crippen LogP contribution in [-0.4, -0.2) is 17.5 Å². The molecule has 0 aromatic carbocycles. The second-order valence-corrected chi connectivity index (χ2v) is 4.98. The predicted molar refractivity (Wildman–Crippen MR) is 85.0 cm³/mol. The lowest BCUT2D eigenvalue weighted by Gasteiger charge is -2.15. The van der Waals surface area contributed by atoms with Crippen molar-refractivity contribution in [3.8, 4) is 0 Å². The summed E-state index contributed by atoms with van der Waals surface area (Å²) in [6.07, 6.45) is 14.2. The molecule has 0 aliphatic heterocycles. The molecule has 0 radical (unpaired) electrons. The summed E-state index contributed by atoms with van der Waals surface area (Å²) in [6, 6.07) is -0.135. The Labute approximate surface area is 120 Å². The first-order chi connectivity index (χ1) is 9.39. The molecular weight excluding hydrogens is 248 g/mol. The van der Waals surface area contributed by atoms with Gasteiger partial charge in [-0.15, -0.1) is 0 Å². The minimum Gasteiger partial charge on any atom is -0.346 e. The molecule has 0 aromatic rings. The molecule has 20 heavy (non-hydrogen) atoms. The maximum Gasteiger partial charge on any atom is 0.251 e. The van der Waals surface area contributed by atoms with Crippen molar-refractivity contribution in [1.29, 1.82) is 0 Å². The SMILES string of the molecule is C=C/C=C(\C=C)C(C)NC(=O)C1=CC=CC(C)(N)C=C1. The third-order valence-electron chi connectivity index (χ3n) is 3.01. The molecule has 3 nitrogen and oxygen atoms in total. The number of carbonyl (C=O) groups excluding carboxylic acids is 1.